The second kappa shape index (κ2) is 14.2. The van der Waals surface area contributed by atoms with Crippen LogP contribution < -0.4 is 0 Å². The fourth-order valence-electron chi connectivity index (χ4n) is 9.50. The summed E-state index contributed by atoms with van der Waals surface area (Å²) in [6.07, 6.45) is 9.09. The van der Waals surface area contributed by atoms with Crippen molar-refractivity contribution < 1.29 is 4.42 Å². The van der Waals surface area contributed by atoms with Gasteiger partial charge in [0.15, 0.2) is 0 Å². The first-order valence-electron chi connectivity index (χ1n) is 20.0. The van der Waals surface area contributed by atoms with Crippen LogP contribution in [0.3, 0.4) is 0 Å². The number of para-hydroxylation sites is 1. The predicted molar refractivity (Wildman–Crippen MR) is 237 cm³/mol. The van der Waals surface area contributed by atoms with Gasteiger partial charge in [0, 0.05) is 16.2 Å². The Labute approximate surface area is 331 Å². The molecule has 0 aliphatic heterocycles. The third kappa shape index (κ3) is 5.85. The minimum atomic E-state index is -0.177. The molecule has 1 aromatic heterocycles. The topological polar surface area (TPSA) is 13.1 Å². The van der Waals surface area contributed by atoms with Gasteiger partial charge < -0.3 is 4.42 Å². The lowest BCUT2D eigenvalue weighted by atomic mass is 9.65. The van der Waals surface area contributed by atoms with Crippen LogP contribution in [0.25, 0.3) is 44.2 Å². The summed E-state index contributed by atoms with van der Waals surface area (Å²) in [7, 11) is 0. The highest BCUT2D eigenvalue weighted by Crippen LogP contribution is 2.57. The summed E-state index contributed by atoms with van der Waals surface area (Å²) in [5.41, 5.74) is 20.1. The second-order valence-electron chi connectivity index (χ2n) is 16.2. The van der Waals surface area contributed by atoms with Gasteiger partial charge >= 0.3 is 0 Å². The molecular formula is C55H48O. The Morgan fingerprint density at radius 3 is 1.75 bits per heavy atom. The van der Waals surface area contributed by atoms with Crippen LogP contribution in [-0.4, -0.2) is 0 Å². The zero-order chi connectivity index (χ0) is 38.4. The van der Waals surface area contributed by atoms with Crippen LogP contribution in [0.4, 0.5) is 0 Å². The van der Waals surface area contributed by atoms with Crippen molar-refractivity contribution in [3.8, 4) is 22.3 Å². The molecule has 0 N–H and O–H groups in total. The molecule has 8 aromatic rings. The Hall–Kier alpha value is -6.18. The fourth-order valence-corrected chi connectivity index (χ4v) is 9.50. The number of aryl methyl sites for hydroxylation is 3. The summed E-state index contributed by atoms with van der Waals surface area (Å²) in [5.74, 6) is 0. The number of furan rings is 1. The van der Waals surface area contributed by atoms with Crippen molar-refractivity contribution in [1.29, 1.82) is 0 Å². The van der Waals surface area contributed by atoms with Crippen LogP contribution in [0.5, 0.6) is 0 Å². The normalized spacial score (nSPS) is 16.8. The molecule has 1 heteroatoms. The molecule has 0 radical (unpaired) electrons. The number of allylic oxidation sites excluding steroid dienone is 4. The van der Waals surface area contributed by atoms with E-state index in [1.807, 2.05) is 24.3 Å². The van der Waals surface area contributed by atoms with Gasteiger partial charge in [-0.05, 0) is 102 Å². The van der Waals surface area contributed by atoms with Gasteiger partial charge in [-0.3, -0.25) is 0 Å². The molecule has 274 valence electrons. The lowest BCUT2D eigenvalue weighted by Crippen LogP contribution is -2.30. The summed E-state index contributed by atoms with van der Waals surface area (Å²) in [6.45, 7) is 11.1. The number of fused-ring (bicyclic) bond motifs is 9. The van der Waals surface area contributed by atoms with Crippen molar-refractivity contribution >= 4 is 21.9 Å². The van der Waals surface area contributed by atoms with Crippen LogP contribution in [-0.2, 0) is 10.8 Å². The van der Waals surface area contributed by atoms with Gasteiger partial charge in [-0.15, -0.1) is 0 Å². The molecule has 1 heterocycles. The van der Waals surface area contributed by atoms with Crippen LogP contribution in [0.1, 0.15) is 71.2 Å². The second-order valence-corrected chi connectivity index (χ2v) is 16.2. The molecule has 0 spiro atoms. The summed E-state index contributed by atoms with van der Waals surface area (Å²) < 4.78 is 5.71. The van der Waals surface area contributed by atoms with E-state index in [1.165, 1.54) is 83.1 Å². The average Bonchev–Trinajstić information content (AvgIpc) is 3.82. The zero-order valence-corrected chi connectivity index (χ0v) is 33.1. The molecule has 56 heavy (non-hydrogen) atoms. The lowest BCUT2D eigenvalue weighted by molar-refractivity contribution is 0.660. The molecule has 1 atom stereocenters. The minimum Gasteiger partial charge on any atom is -0.456 e. The van der Waals surface area contributed by atoms with E-state index in [0.717, 1.165) is 24.0 Å². The van der Waals surface area contributed by atoms with Crippen molar-refractivity contribution in [2.24, 2.45) is 0 Å². The van der Waals surface area contributed by atoms with E-state index < -0.39 is 0 Å². The molecular weight excluding hydrogens is 677 g/mol. The summed E-state index contributed by atoms with van der Waals surface area (Å²) in [5, 5.41) is 2.41. The molecule has 0 amide bonds. The standard InChI is InChI=1S/C26H22.C16H16.C13H10O/c1-19-16-17-23-22-14-8-9-15-24(22)26(25(23)18-19,20-10-4-2-5-11-20)21-12-6-3-7-13-21;1-11-8-9-13-12-6-4-5-7-14(12)16(2,3)15(13)10-11;1-9-6-7-13-11(8-9)10-4-2-3-5-12(10)14-13/h2-6,8-12,14-18H,7,13H2,1H3;4-10H,1-3H3;2-8H,1H3. The minimum absolute atomic E-state index is 0.151. The Morgan fingerprint density at radius 2 is 1.02 bits per heavy atom. The summed E-state index contributed by atoms with van der Waals surface area (Å²) in [4.78, 5) is 0. The fraction of sp³-hybridized carbons (Fsp3) is 0.164. The molecule has 3 aliphatic carbocycles. The van der Waals surface area contributed by atoms with E-state index in [-0.39, 0.29) is 10.8 Å². The molecule has 0 bridgehead atoms. The first kappa shape index (κ1) is 35.5. The average molecular weight is 725 g/mol. The van der Waals surface area contributed by atoms with Gasteiger partial charge in [-0.2, -0.15) is 0 Å². The zero-order valence-electron chi connectivity index (χ0n) is 33.1. The SMILES string of the molecule is Cc1ccc2c(c1)C(C)(C)c1ccccc1-2.Cc1ccc2c(c1)C(C1=CC=CCC1)(c1ccccc1)c1ccccc1-2.Cc1ccc2oc3ccccc3c2c1. The third-order valence-electron chi connectivity index (χ3n) is 12.2. The van der Waals surface area contributed by atoms with E-state index in [0.29, 0.717) is 0 Å². The summed E-state index contributed by atoms with van der Waals surface area (Å²) in [6, 6.07) is 57.0. The maximum atomic E-state index is 5.71. The lowest BCUT2D eigenvalue weighted by Gasteiger charge is -2.36. The van der Waals surface area contributed by atoms with E-state index in [9.17, 15) is 0 Å². The van der Waals surface area contributed by atoms with Crippen molar-refractivity contribution in [2.75, 3.05) is 0 Å². The van der Waals surface area contributed by atoms with Gasteiger partial charge in [0.05, 0.1) is 5.41 Å². The van der Waals surface area contributed by atoms with Crippen molar-refractivity contribution in [1.82, 2.24) is 0 Å². The van der Waals surface area contributed by atoms with Crippen LogP contribution in [0.2, 0.25) is 0 Å². The number of hydrogen-bond acceptors (Lipinski definition) is 1. The van der Waals surface area contributed by atoms with Crippen molar-refractivity contribution in [3.63, 3.8) is 0 Å². The maximum absolute atomic E-state index is 5.71. The van der Waals surface area contributed by atoms with Crippen LogP contribution in [0, 0.1) is 20.8 Å². The van der Waals surface area contributed by atoms with Crippen molar-refractivity contribution in [2.45, 2.75) is 58.3 Å². The van der Waals surface area contributed by atoms with E-state index in [1.54, 1.807) is 0 Å². The van der Waals surface area contributed by atoms with Gasteiger partial charge in [-0.25, -0.2) is 0 Å². The maximum Gasteiger partial charge on any atom is 0.135 e. The predicted octanol–water partition coefficient (Wildman–Crippen LogP) is 14.8. The highest BCUT2D eigenvalue weighted by Gasteiger charge is 2.47. The quantitative estimate of drug-likeness (QED) is 0.173. The smallest absolute Gasteiger partial charge is 0.135 e. The molecule has 1 nitrogen and oxygen atoms in total. The van der Waals surface area contributed by atoms with Crippen LogP contribution in [0.15, 0.2) is 186 Å². The molecule has 11 rings (SSSR count). The van der Waals surface area contributed by atoms with Crippen LogP contribution >= 0.6 is 0 Å². The summed E-state index contributed by atoms with van der Waals surface area (Å²) >= 11 is 0. The molecule has 7 aromatic carbocycles. The van der Waals surface area contributed by atoms with Crippen molar-refractivity contribution in [3.05, 3.63) is 226 Å². The first-order chi connectivity index (χ1) is 27.3. The number of benzene rings is 7. The molecule has 0 saturated heterocycles. The Morgan fingerprint density at radius 1 is 0.464 bits per heavy atom. The van der Waals surface area contributed by atoms with E-state index in [2.05, 4.69) is 186 Å². The van der Waals surface area contributed by atoms with E-state index >= 15 is 0 Å². The Kier molecular flexibility index (Phi) is 8.98. The molecule has 0 fully saturated rings. The third-order valence-corrected chi connectivity index (χ3v) is 12.2. The Bertz CT molecular complexity index is 2810. The van der Waals surface area contributed by atoms with Gasteiger partial charge in [0.2, 0.25) is 0 Å². The monoisotopic (exact) mass is 724 g/mol. The highest BCUT2D eigenvalue weighted by atomic mass is 16.3. The largest absolute Gasteiger partial charge is 0.456 e. The van der Waals surface area contributed by atoms with E-state index in [4.69, 9.17) is 4.42 Å². The highest BCUT2D eigenvalue weighted by molar-refractivity contribution is 6.05. The Balaban J connectivity index is 0.000000117. The molecule has 1 unspecified atom stereocenters. The number of hydrogen-bond donors (Lipinski definition) is 0. The van der Waals surface area contributed by atoms with Gasteiger partial charge in [-0.1, -0.05) is 194 Å². The molecule has 0 saturated carbocycles. The van der Waals surface area contributed by atoms with Gasteiger partial charge in [0.25, 0.3) is 0 Å². The number of rotatable bonds is 2. The first-order valence-corrected chi connectivity index (χ1v) is 20.0. The molecule has 3 aliphatic rings. The van der Waals surface area contributed by atoms with Gasteiger partial charge in [0.1, 0.15) is 11.2 Å².